The van der Waals surface area contributed by atoms with Gasteiger partial charge in [0.15, 0.2) is 0 Å². The van der Waals surface area contributed by atoms with Crippen LogP contribution < -0.4 is 5.32 Å². The molecule has 1 unspecified atom stereocenters. The third kappa shape index (κ3) is 3.85. The molecule has 0 spiro atoms. The van der Waals surface area contributed by atoms with E-state index in [1.807, 2.05) is 0 Å². The summed E-state index contributed by atoms with van der Waals surface area (Å²) in [5.74, 6) is -1.03. The Kier molecular flexibility index (Phi) is 4.51. The molecule has 1 saturated heterocycles. The van der Waals surface area contributed by atoms with Crippen molar-refractivity contribution in [2.24, 2.45) is 0 Å². The van der Waals surface area contributed by atoms with Crippen LogP contribution in [-0.4, -0.2) is 60.8 Å². The number of nitrogens with one attached hydrogen (secondary N) is 1. The molecule has 1 aliphatic rings. The fraction of sp³-hybridized carbons (Fsp3) is 0.778. The number of aliphatic carboxylic acids is 1. The van der Waals surface area contributed by atoms with Crippen molar-refractivity contribution in [2.45, 2.75) is 13.0 Å². The van der Waals surface area contributed by atoms with Crippen molar-refractivity contribution in [1.82, 2.24) is 10.2 Å². The Bertz CT molecular complexity index is 238. The second kappa shape index (κ2) is 5.67. The molecule has 6 heteroatoms. The molecule has 0 aromatic rings. The average Bonchev–Trinajstić information content (AvgIpc) is 2.26. The van der Waals surface area contributed by atoms with Crippen LogP contribution in [0.5, 0.6) is 0 Å². The molecule has 2 N–H and O–H groups in total. The molecule has 0 radical (unpaired) electrons. The van der Waals surface area contributed by atoms with E-state index in [1.165, 1.54) is 6.92 Å². The monoisotopic (exact) mass is 216 g/mol. The van der Waals surface area contributed by atoms with E-state index in [9.17, 15) is 9.59 Å². The number of carboxylic acids is 1. The average molecular weight is 216 g/mol. The van der Waals surface area contributed by atoms with Gasteiger partial charge in [-0.05, 0) is 6.92 Å². The van der Waals surface area contributed by atoms with Crippen molar-refractivity contribution in [1.29, 1.82) is 0 Å². The van der Waals surface area contributed by atoms with E-state index in [2.05, 4.69) is 5.32 Å². The molecule has 0 saturated carbocycles. The van der Waals surface area contributed by atoms with Gasteiger partial charge in [0.1, 0.15) is 6.04 Å². The van der Waals surface area contributed by atoms with Crippen molar-refractivity contribution in [3.63, 3.8) is 0 Å². The molecule has 0 aromatic carbocycles. The number of carbonyl (C=O) groups excluding carboxylic acids is 1. The van der Waals surface area contributed by atoms with Gasteiger partial charge < -0.3 is 14.7 Å². The summed E-state index contributed by atoms with van der Waals surface area (Å²) in [6.45, 7) is 3.85. The number of carboxylic acid groups (broad SMARTS) is 1. The molecular weight excluding hydrogens is 200 g/mol. The summed E-state index contributed by atoms with van der Waals surface area (Å²) in [7, 11) is 0. The van der Waals surface area contributed by atoms with Crippen molar-refractivity contribution < 1.29 is 19.4 Å². The number of carbonyl (C=O) groups is 2. The first-order chi connectivity index (χ1) is 7.11. The van der Waals surface area contributed by atoms with Crippen molar-refractivity contribution >= 4 is 11.9 Å². The number of amides is 1. The highest BCUT2D eigenvalue weighted by molar-refractivity contribution is 5.80. The van der Waals surface area contributed by atoms with E-state index >= 15 is 0 Å². The molecule has 1 fully saturated rings. The zero-order valence-electron chi connectivity index (χ0n) is 8.73. The summed E-state index contributed by atoms with van der Waals surface area (Å²) in [6, 6.07) is -0.699. The molecule has 0 bridgehead atoms. The van der Waals surface area contributed by atoms with E-state index in [-0.39, 0.29) is 12.5 Å². The van der Waals surface area contributed by atoms with Gasteiger partial charge in [-0.3, -0.25) is 14.9 Å². The lowest BCUT2D eigenvalue weighted by Gasteiger charge is -2.27. The summed E-state index contributed by atoms with van der Waals surface area (Å²) in [5.41, 5.74) is 0. The summed E-state index contributed by atoms with van der Waals surface area (Å²) < 4.78 is 5.11. The van der Waals surface area contributed by atoms with E-state index in [0.717, 1.165) is 0 Å². The molecule has 0 aliphatic carbocycles. The van der Waals surface area contributed by atoms with Crippen LogP contribution >= 0.6 is 0 Å². The molecule has 1 rings (SSSR count). The number of nitrogens with zero attached hydrogens (tertiary/aromatic N) is 1. The lowest BCUT2D eigenvalue weighted by atomic mass is 10.3. The summed E-state index contributed by atoms with van der Waals surface area (Å²) in [4.78, 5) is 23.7. The lowest BCUT2D eigenvalue weighted by molar-refractivity contribution is -0.139. The van der Waals surface area contributed by atoms with E-state index in [0.29, 0.717) is 26.3 Å². The van der Waals surface area contributed by atoms with Crippen LogP contribution in [0.25, 0.3) is 0 Å². The maximum atomic E-state index is 11.5. The first-order valence-corrected chi connectivity index (χ1v) is 4.93. The zero-order chi connectivity index (χ0) is 11.3. The minimum Gasteiger partial charge on any atom is -0.480 e. The third-order valence-corrected chi connectivity index (χ3v) is 2.29. The van der Waals surface area contributed by atoms with Gasteiger partial charge in [0.2, 0.25) is 5.91 Å². The summed E-state index contributed by atoms with van der Waals surface area (Å²) >= 11 is 0. The fourth-order valence-corrected chi connectivity index (χ4v) is 1.25. The second-order valence-electron chi connectivity index (χ2n) is 3.43. The molecule has 6 nitrogen and oxygen atoms in total. The predicted octanol–water partition coefficient (Wildman–Crippen LogP) is -1.09. The van der Waals surface area contributed by atoms with Crippen molar-refractivity contribution in [3.8, 4) is 0 Å². The summed E-state index contributed by atoms with van der Waals surface area (Å²) in [5, 5.41) is 11.2. The van der Waals surface area contributed by atoms with Crippen LogP contribution in [0, 0.1) is 0 Å². The fourth-order valence-electron chi connectivity index (χ4n) is 1.25. The van der Waals surface area contributed by atoms with Crippen molar-refractivity contribution in [3.05, 3.63) is 0 Å². The van der Waals surface area contributed by atoms with Gasteiger partial charge in [0.05, 0.1) is 19.8 Å². The minimum absolute atomic E-state index is 0.0630. The third-order valence-electron chi connectivity index (χ3n) is 2.29. The van der Waals surface area contributed by atoms with Crippen molar-refractivity contribution in [2.75, 3.05) is 32.8 Å². The van der Waals surface area contributed by atoms with Crippen LogP contribution in [0.2, 0.25) is 0 Å². The van der Waals surface area contributed by atoms with Crippen LogP contribution in [0.3, 0.4) is 0 Å². The van der Waals surface area contributed by atoms with Gasteiger partial charge in [-0.25, -0.2) is 0 Å². The zero-order valence-corrected chi connectivity index (χ0v) is 8.73. The standard InChI is InChI=1S/C9H16N2O4/c1-7(9(13)14)10-6-8(12)11-2-4-15-5-3-11/h7,10H,2-6H2,1H3,(H,13,14). The molecule has 1 aliphatic heterocycles. The second-order valence-corrected chi connectivity index (χ2v) is 3.43. The Hall–Kier alpha value is -1.14. The topological polar surface area (TPSA) is 78.9 Å². The van der Waals surface area contributed by atoms with Gasteiger partial charge in [0.25, 0.3) is 0 Å². The Morgan fingerprint density at radius 2 is 2.07 bits per heavy atom. The van der Waals surface area contributed by atoms with Gasteiger partial charge in [-0.2, -0.15) is 0 Å². The largest absolute Gasteiger partial charge is 0.480 e. The molecule has 1 atom stereocenters. The highest BCUT2D eigenvalue weighted by Crippen LogP contribution is 1.96. The lowest BCUT2D eigenvalue weighted by Crippen LogP contribution is -2.47. The molecule has 1 amide bonds. The highest BCUT2D eigenvalue weighted by Gasteiger charge is 2.18. The molecular formula is C9H16N2O4. The first kappa shape index (κ1) is 11.9. The smallest absolute Gasteiger partial charge is 0.320 e. The predicted molar refractivity (Wildman–Crippen MR) is 52.5 cm³/mol. The van der Waals surface area contributed by atoms with E-state index in [4.69, 9.17) is 9.84 Å². The first-order valence-electron chi connectivity index (χ1n) is 4.93. The maximum Gasteiger partial charge on any atom is 0.320 e. The Labute approximate surface area is 88.2 Å². The van der Waals surface area contributed by atoms with E-state index in [1.54, 1.807) is 4.90 Å². The van der Waals surface area contributed by atoms with Crippen LogP contribution in [0.1, 0.15) is 6.92 Å². The van der Waals surface area contributed by atoms with Gasteiger partial charge in [-0.1, -0.05) is 0 Å². The normalized spacial score (nSPS) is 18.6. The van der Waals surface area contributed by atoms with Crippen LogP contribution in [-0.2, 0) is 14.3 Å². The number of morpholine rings is 1. The number of ether oxygens (including phenoxy) is 1. The molecule has 15 heavy (non-hydrogen) atoms. The Morgan fingerprint density at radius 3 is 2.60 bits per heavy atom. The van der Waals surface area contributed by atoms with Crippen LogP contribution in [0.15, 0.2) is 0 Å². The number of rotatable bonds is 4. The quantitative estimate of drug-likeness (QED) is 0.624. The van der Waals surface area contributed by atoms with E-state index < -0.39 is 12.0 Å². The Morgan fingerprint density at radius 1 is 1.47 bits per heavy atom. The highest BCUT2D eigenvalue weighted by atomic mass is 16.5. The van der Waals surface area contributed by atoms with Gasteiger partial charge in [0, 0.05) is 13.1 Å². The van der Waals surface area contributed by atoms with Crippen LogP contribution in [0.4, 0.5) is 0 Å². The minimum atomic E-state index is -0.954. The maximum absolute atomic E-state index is 11.5. The molecule has 1 heterocycles. The molecule has 0 aromatic heterocycles. The molecule has 86 valence electrons. The SMILES string of the molecule is CC(NCC(=O)N1CCOCC1)C(=O)O. The van der Waals surface area contributed by atoms with Gasteiger partial charge in [-0.15, -0.1) is 0 Å². The summed E-state index contributed by atoms with van der Waals surface area (Å²) in [6.07, 6.45) is 0. The number of hydrogen-bond donors (Lipinski definition) is 2. The van der Waals surface area contributed by atoms with Gasteiger partial charge >= 0.3 is 5.97 Å². The Balaban J connectivity index is 2.25. The number of hydrogen-bond acceptors (Lipinski definition) is 4.